The first kappa shape index (κ1) is 22.9. The maximum absolute atomic E-state index is 12.6. The van der Waals surface area contributed by atoms with Crippen LogP contribution in [-0.2, 0) is 11.2 Å². The van der Waals surface area contributed by atoms with Gasteiger partial charge in [-0.1, -0.05) is 30.3 Å². The fourth-order valence-electron chi connectivity index (χ4n) is 4.54. The Bertz CT molecular complexity index is 1330. The molecule has 1 amide bonds. The molecule has 0 spiro atoms. The zero-order valence-corrected chi connectivity index (χ0v) is 20.2. The molecule has 0 atom stereocenters. The van der Waals surface area contributed by atoms with E-state index in [-0.39, 0.29) is 5.91 Å². The number of aromatic nitrogens is 3. The Balaban J connectivity index is 1.24. The van der Waals surface area contributed by atoms with Gasteiger partial charge in [-0.15, -0.1) is 5.10 Å². The number of anilines is 2. The maximum atomic E-state index is 12.6. The largest absolute Gasteiger partial charge is 0.352 e. The van der Waals surface area contributed by atoms with E-state index in [1.165, 1.54) is 16.7 Å². The number of carbonyl (C=O) groups is 1. The van der Waals surface area contributed by atoms with Crippen LogP contribution in [-0.4, -0.2) is 58.7 Å². The molecule has 0 unspecified atom stereocenters. The van der Waals surface area contributed by atoms with Gasteiger partial charge in [0.15, 0.2) is 5.82 Å². The van der Waals surface area contributed by atoms with Crippen molar-refractivity contribution < 1.29 is 4.79 Å². The molecule has 0 saturated carbocycles. The molecule has 35 heavy (non-hydrogen) atoms. The number of piperazine rings is 1. The molecule has 7 heteroatoms. The van der Waals surface area contributed by atoms with Crippen LogP contribution in [0.1, 0.15) is 22.4 Å². The molecule has 1 fully saturated rings. The first-order valence-electron chi connectivity index (χ1n) is 12.0. The maximum Gasteiger partial charge on any atom is 0.238 e. The van der Waals surface area contributed by atoms with Gasteiger partial charge >= 0.3 is 0 Å². The van der Waals surface area contributed by atoms with Gasteiger partial charge in [0.2, 0.25) is 5.91 Å². The number of hydrogen-bond donors (Lipinski definition) is 1. The number of benzene rings is 2. The molecule has 4 aromatic rings. The van der Waals surface area contributed by atoms with Crippen LogP contribution in [0, 0.1) is 13.8 Å². The van der Waals surface area contributed by atoms with Gasteiger partial charge in [0.1, 0.15) is 0 Å². The highest BCUT2D eigenvalue weighted by Crippen LogP contribution is 2.27. The minimum Gasteiger partial charge on any atom is -0.352 e. The highest BCUT2D eigenvalue weighted by atomic mass is 16.2. The number of rotatable bonds is 6. The summed E-state index contributed by atoms with van der Waals surface area (Å²) in [5.41, 5.74) is 5.39. The number of nitrogens with zero attached hydrogens (tertiary/aromatic N) is 5. The minimum absolute atomic E-state index is 0.0207. The molecule has 1 aliphatic heterocycles. The van der Waals surface area contributed by atoms with Crippen LogP contribution in [0.3, 0.4) is 0 Å². The third-order valence-electron chi connectivity index (χ3n) is 6.69. The number of pyridine rings is 1. The summed E-state index contributed by atoms with van der Waals surface area (Å²) in [6.07, 6.45) is 4.33. The number of carbonyl (C=O) groups excluding carboxylic acids is 1. The Morgan fingerprint density at radius 3 is 2.37 bits per heavy atom. The molecule has 178 valence electrons. The smallest absolute Gasteiger partial charge is 0.238 e. The standard InChI is InChI=1S/C28H30N6O/c1-20-7-8-23(17-21(20)2)30-27(35)19-33-13-15-34(16-14-33)28-25-6-4-3-5-24(25)26(31-32-28)18-22-9-11-29-12-10-22/h3-12,17H,13-16,18-19H2,1-2H3,(H,30,35). The summed E-state index contributed by atoms with van der Waals surface area (Å²) in [6.45, 7) is 7.73. The Labute approximate surface area is 205 Å². The van der Waals surface area contributed by atoms with Crippen LogP contribution in [0.2, 0.25) is 0 Å². The molecular weight excluding hydrogens is 436 g/mol. The molecule has 1 N–H and O–H groups in total. The van der Waals surface area contributed by atoms with Crippen LogP contribution < -0.4 is 10.2 Å². The van der Waals surface area contributed by atoms with Gasteiger partial charge in [0.05, 0.1) is 12.2 Å². The Morgan fingerprint density at radius 2 is 1.63 bits per heavy atom. The zero-order chi connectivity index (χ0) is 24.2. The summed E-state index contributed by atoms with van der Waals surface area (Å²) < 4.78 is 0. The number of nitrogens with one attached hydrogen (secondary N) is 1. The van der Waals surface area contributed by atoms with E-state index in [1.807, 2.05) is 30.3 Å². The van der Waals surface area contributed by atoms with E-state index in [2.05, 4.69) is 68.4 Å². The van der Waals surface area contributed by atoms with Gasteiger partial charge in [0, 0.05) is 61.5 Å². The van der Waals surface area contributed by atoms with Crippen LogP contribution >= 0.6 is 0 Å². The van der Waals surface area contributed by atoms with E-state index in [0.29, 0.717) is 6.54 Å². The van der Waals surface area contributed by atoms with Crippen molar-refractivity contribution in [3.05, 3.63) is 89.4 Å². The lowest BCUT2D eigenvalue weighted by molar-refractivity contribution is -0.117. The first-order chi connectivity index (χ1) is 17.1. The Hall–Kier alpha value is -3.84. The number of fused-ring (bicyclic) bond motifs is 1. The molecule has 1 saturated heterocycles. The second-order valence-electron chi connectivity index (χ2n) is 9.16. The van der Waals surface area contributed by atoms with Gasteiger partial charge in [-0.05, 0) is 54.8 Å². The Morgan fingerprint density at radius 1 is 0.886 bits per heavy atom. The average molecular weight is 467 g/mol. The summed E-state index contributed by atoms with van der Waals surface area (Å²) in [6, 6.07) is 18.4. The predicted octanol–water partition coefficient (Wildman–Crippen LogP) is 3.99. The Kier molecular flexibility index (Phi) is 6.68. The SMILES string of the molecule is Cc1ccc(NC(=O)CN2CCN(c3nnc(Cc4ccncc4)c4ccccc34)CC2)cc1C. The molecule has 0 aliphatic carbocycles. The van der Waals surface area contributed by atoms with Gasteiger partial charge < -0.3 is 10.2 Å². The van der Waals surface area contributed by atoms with Crippen molar-refractivity contribution in [1.29, 1.82) is 0 Å². The highest BCUT2D eigenvalue weighted by Gasteiger charge is 2.22. The van der Waals surface area contributed by atoms with E-state index in [1.54, 1.807) is 12.4 Å². The highest BCUT2D eigenvalue weighted by molar-refractivity contribution is 5.94. The van der Waals surface area contributed by atoms with Gasteiger partial charge in [0.25, 0.3) is 0 Å². The van der Waals surface area contributed by atoms with Crippen molar-refractivity contribution in [3.63, 3.8) is 0 Å². The summed E-state index contributed by atoms with van der Waals surface area (Å²) >= 11 is 0. The normalized spacial score (nSPS) is 14.3. The molecule has 7 nitrogen and oxygen atoms in total. The summed E-state index contributed by atoms with van der Waals surface area (Å²) in [5, 5.41) is 14.5. The average Bonchev–Trinajstić information content (AvgIpc) is 2.88. The van der Waals surface area contributed by atoms with Gasteiger partial charge in [-0.3, -0.25) is 14.7 Å². The van der Waals surface area contributed by atoms with Crippen molar-refractivity contribution >= 4 is 28.2 Å². The topological polar surface area (TPSA) is 74.2 Å². The third-order valence-corrected chi connectivity index (χ3v) is 6.69. The first-order valence-corrected chi connectivity index (χ1v) is 12.0. The van der Waals surface area contributed by atoms with E-state index in [9.17, 15) is 4.79 Å². The van der Waals surface area contributed by atoms with Crippen LogP contribution in [0.25, 0.3) is 10.8 Å². The fourth-order valence-corrected chi connectivity index (χ4v) is 4.54. The molecule has 3 heterocycles. The predicted molar refractivity (Wildman–Crippen MR) is 140 cm³/mol. The molecule has 5 rings (SSSR count). The molecule has 0 bridgehead atoms. The number of hydrogen-bond acceptors (Lipinski definition) is 6. The van der Waals surface area contributed by atoms with Crippen LogP contribution in [0.5, 0.6) is 0 Å². The van der Waals surface area contributed by atoms with Crippen molar-refractivity contribution in [1.82, 2.24) is 20.1 Å². The summed E-state index contributed by atoms with van der Waals surface area (Å²) in [5.74, 6) is 0.936. The van der Waals surface area contributed by atoms with Crippen molar-refractivity contribution in [3.8, 4) is 0 Å². The zero-order valence-electron chi connectivity index (χ0n) is 20.2. The monoisotopic (exact) mass is 466 g/mol. The second kappa shape index (κ2) is 10.2. The van der Waals surface area contributed by atoms with Gasteiger partial charge in [-0.2, -0.15) is 5.10 Å². The molecule has 1 aliphatic rings. The molecule has 2 aromatic heterocycles. The van der Waals surface area contributed by atoms with Crippen molar-refractivity contribution in [2.45, 2.75) is 20.3 Å². The lowest BCUT2D eigenvalue weighted by Gasteiger charge is -2.35. The van der Waals surface area contributed by atoms with E-state index >= 15 is 0 Å². The van der Waals surface area contributed by atoms with Crippen molar-refractivity contribution in [2.24, 2.45) is 0 Å². The van der Waals surface area contributed by atoms with Crippen LogP contribution in [0.15, 0.2) is 67.0 Å². The fraction of sp³-hybridized carbons (Fsp3) is 0.286. The van der Waals surface area contributed by atoms with Crippen molar-refractivity contribution in [2.75, 3.05) is 42.9 Å². The van der Waals surface area contributed by atoms with E-state index < -0.39 is 0 Å². The van der Waals surface area contributed by atoms with E-state index in [4.69, 9.17) is 0 Å². The lowest BCUT2D eigenvalue weighted by atomic mass is 10.0. The van der Waals surface area contributed by atoms with E-state index in [0.717, 1.165) is 60.6 Å². The molecule has 2 aromatic carbocycles. The van der Waals surface area contributed by atoms with Crippen LogP contribution in [0.4, 0.5) is 11.5 Å². The quantitative estimate of drug-likeness (QED) is 0.463. The molecular formula is C28H30N6O. The minimum atomic E-state index is 0.0207. The third kappa shape index (κ3) is 5.30. The van der Waals surface area contributed by atoms with Gasteiger partial charge in [-0.25, -0.2) is 0 Å². The summed E-state index contributed by atoms with van der Waals surface area (Å²) in [4.78, 5) is 21.2. The number of amides is 1. The summed E-state index contributed by atoms with van der Waals surface area (Å²) in [7, 11) is 0. The lowest BCUT2D eigenvalue weighted by Crippen LogP contribution is -2.49. The second-order valence-corrected chi connectivity index (χ2v) is 9.16. The number of aryl methyl sites for hydroxylation is 2. The molecule has 0 radical (unpaired) electrons.